The molecule has 14 heteroatoms. The number of carbonyl (C=O) groups excluding carboxylic acids is 1. The number of hydrogen-bond donors (Lipinski definition) is 2. The number of fused-ring (bicyclic) bond motifs is 1. The van der Waals surface area contributed by atoms with Crippen LogP contribution in [0.15, 0.2) is 18.5 Å². The number of carbonyl (C=O) groups is 1. The first-order chi connectivity index (χ1) is 16.5. The SMILES string of the molecule is CO[C@H](C)[C@H]1C(=O)Nc2c(C)nc(NCc3cnn(Cc4cc(C(F)(F)F)nn4C)c3)nc2N1C. The molecule has 11 nitrogen and oxygen atoms in total. The molecule has 0 saturated heterocycles. The number of nitrogens with zero attached hydrogens (tertiary/aromatic N) is 7. The van der Waals surface area contributed by atoms with Gasteiger partial charge in [0.1, 0.15) is 11.7 Å². The number of hydrogen-bond acceptors (Lipinski definition) is 8. The monoisotopic (exact) mass is 493 g/mol. The lowest BCUT2D eigenvalue weighted by Gasteiger charge is -2.37. The van der Waals surface area contributed by atoms with Gasteiger partial charge in [0.25, 0.3) is 0 Å². The zero-order valence-corrected chi connectivity index (χ0v) is 19.9. The Hall–Kier alpha value is -3.68. The summed E-state index contributed by atoms with van der Waals surface area (Å²) in [6.07, 6.45) is -1.51. The van der Waals surface area contributed by atoms with Gasteiger partial charge in [-0.15, -0.1) is 0 Å². The lowest BCUT2D eigenvalue weighted by molar-refractivity contribution is -0.141. The molecule has 0 aromatic carbocycles. The molecular formula is C21H26F3N9O2. The highest BCUT2D eigenvalue weighted by Gasteiger charge is 2.37. The molecule has 0 saturated carbocycles. The summed E-state index contributed by atoms with van der Waals surface area (Å²) >= 11 is 0. The van der Waals surface area contributed by atoms with Gasteiger partial charge < -0.3 is 20.3 Å². The Balaban J connectivity index is 1.46. The predicted molar refractivity (Wildman–Crippen MR) is 121 cm³/mol. The fourth-order valence-corrected chi connectivity index (χ4v) is 3.92. The van der Waals surface area contributed by atoms with E-state index in [2.05, 4.69) is 30.8 Å². The average Bonchev–Trinajstić information content (AvgIpc) is 3.39. The highest BCUT2D eigenvalue weighted by atomic mass is 19.4. The second-order valence-electron chi connectivity index (χ2n) is 8.36. The van der Waals surface area contributed by atoms with Crippen molar-refractivity contribution in [2.75, 3.05) is 29.7 Å². The van der Waals surface area contributed by atoms with Gasteiger partial charge in [-0.05, 0) is 19.9 Å². The number of aryl methyl sites for hydroxylation is 2. The minimum Gasteiger partial charge on any atom is -0.379 e. The maximum Gasteiger partial charge on any atom is 0.435 e. The molecular weight excluding hydrogens is 467 g/mol. The Bertz CT molecular complexity index is 1240. The predicted octanol–water partition coefficient (Wildman–Crippen LogP) is 2.19. The van der Waals surface area contributed by atoms with Crippen LogP contribution in [-0.4, -0.2) is 61.7 Å². The standard InChI is InChI=1S/C21H26F3N9O2/c1-11-16-18(31(3)17(12(2)35-5)19(34)28-16)29-20(27-11)25-7-13-8-26-33(9-13)10-14-6-15(21(22,23)24)30-32(14)4/h6,8-9,12,17H,7,10H2,1-5H3,(H,28,34)(H,25,27,29)/t12-,17+/m1/s1. The molecule has 0 spiro atoms. The second-order valence-corrected chi connectivity index (χ2v) is 8.36. The van der Waals surface area contributed by atoms with Crippen LogP contribution < -0.4 is 15.5 Å². The summed E-state index contributed by atoms with van der Waals surface area (Å²) < 4.78 is 46.8. The smallest absolute Gasteiger partial charge is 0.379 e. The molecule has 188 valence electrons. The molecule has 2 N–H and O–H groups in total. The van der Waals surface area contributed by atoms with Crippen molar-refractivity contribution in [2.24, 2.45) is 7.05 Å². The van der Waals surface area contributed by atoms with Crippen LogP contribution in [0, 0.1) is 6.92 Å². The van der Waals surface area contributed by atoms with Crippen molar-refractivity contribution in [1.82, 2.24) is 29.5 Å². The molecule has 1 aliphatic rings. The van der Waals surface area contributed by atoms with Gasteiger partial charge in [0.2, 0.25) is 11.9 Å². The maximum absolute atomic E-state index is 12.9. The van der Waals surface area contributed by atoms with Gasteiger partial charge in [-0.25, -0.2) is 4.98 Å². The minimum atomic E-state index is -4.50. The summed E-state index contributed by atoms with van der Waals surface area (Å²) in [5, 5.41) is 13.8. The largest absolute Gasteiger partial charge is 0.435 e. The van der Waals surface area contributed by atoms with Crippen molar-refractivity contribution in [1.29, 1.82) is 0 Å². The van der Waals surface area contributed by atoms with E-state index in [4.69, 9.17) is 4.74 Å². The highest BCUT2D eigenvalue weighted by molar-refractivity contribution is 6.03. The lowest BCUT2D eigenvalue weighted by atomic mass is 10.1. The first kappa shape index (κ1) is 24.4. The topological polar surface area (TPSA) is 115 Å². The highest BCUT2D eigenvalue weighted by Crippen LogP contribution is 2.33. The Kier molecular flexibility index (Phi) is 6.40. The number of aromatic nitrogens is 6. The van der Waals surface area contributed by atoms with Gasteiger partial charge >= 0.3 is 6.18 Å². The Morgan fingerprint density at radius 2 is 2.03 bits per heavy atom. The van der Waals surface area contributed by atoms with E-state index in [1.165, 1.54) is 16.4 Å². The number of alkyl halides is 3. The van der Waals surface area contributed by atoms with Crippen molar-refractivity contribution in [3.05, 3.63) is 41.1 Å². The molecule has 4 rings (SSSR count). The molecule has 3 aromatic heterocycles. The molecule has 0 fully saturated rings. The van der Waals surface area contributed by atoms with Crippen molar-refractivity contribution in [3.63, 3.8) is 0 Å². The number of anilines is 3. The third-order valence-electron chi connectivity index (χ3n) is 5.88. The second kappa shape index (κ2) is 9.17. The number of amides is 1. The number of likely N-dealkylation sites (N-methyl/N-ethyl adjacent to an activating group) is 1. The Morgan fingerprint density at radius 3 is 2.69 bits per heavy atom. The van der Waals surface area contributed by atoms with Crippen molar-refractivity contribution < 1.29 is 22.7 Å². The minimum absolute atomic E-state index is 0.137. The summed E-state index contributed by atoms with van der Waals surface area (Å²) in [6, 6.07) is 0.466. The summed E-state index contributed by atoms with van der Waals surface area (Å²) in [5.74, 6) is 0.744. The third-order valence-corrected chi connectivity index (χ3v) is 5.88. The van der Waals surface area contributed by atoms with Crippen LogP contribution in [0.25, 0.3) is 0 Å². The molecule has 0 aliphatic carbocycles. The molecule has 2 atom stereocenters. The third kappa shape index (κ3) is 4.92. The molecule has 4 heterocycles. The van der Waals surface area contributed by atoms with Gasteiger partial charge in [0.05, 0.1) is 30.2 Å². The number of methoxy groups -OCH3 is 1. The molecule has 1 amide bonds. The number of halogens is 3. The molecule has 0 radical (unpaired) electrons. The van der Waals surface area contributed by atoms with Gasteiger partial charge in [0.15, 0.2) is 11.5 Å². The fraction of sp³-hybridized carbons (Fsp3) is 0.476. The van der Waals surface area contributed by atoms with Crippen LogP contribution in [0.1, 0.15) is 29.6 Å². The van der Waals surface area contributed by atoms with Crippen molar-refractivity contribution >= 4 is 23.4 Å². The quantitative estimate of drug-likeness (QED) is 0.515. The average molecular weight is 493 g/mol. The van der Waals surface area contributed by atoms with E-state index < -0.39 is 17.9 Å². The summed E-state index contributed by atoms with van der Waals surface area (Å²) in [5.41, 5.74) is 1.37. The molecule has 0 unspecified atom stereocenters. The molecule has 0 bridgehead atoms. The van der Waals surface area contributed by atoms with Gasteiger partial charge in [-0.2, -0.15) is 28.4 Å². The Labute approximate surface area is 199 Å². The molecule has 3 aromatic rings. The van der Waals surface area contributed by atoms with E-state index in [1.807, 2.05) is 6.92 Å². The zero-order valence-electron chi connectivity index (χ0n) is 19.9. The number of ether oxygens (including phenoxy) is 1. The van der Waals surface area contributed by atoms with E-state index in [0.29, 0.717) is 35.4 Å². The summed E-state index contributed by atoms with van der Waals surface area (Å²) in [7, 11) is 4.79. The van der Waals surface area contributed by atoms with E-state index in [9.17, 15) is 18.0 Å². The number of nitrogens with one attached hydrogen (secondary N) is 2. The Morgan fingerprint density at radius 1 is 1.29 bits per heavy atom. The normalized spacial score (nSPS) is 16.7. The summed E-state index contributed by atoms with van der Waals surface area (Å²) in [4.78, 5) is 23.3. The van der Waals surface area contributed by atoms with Crippen LogP contribution in [0.3, 0.4) is 0 Å². The van der Waals surface area contributed by atoms with Gasteiger partial charge in [0, 0.05) is 39.5 Å². The number of rotatable bonds is 7. The van der Waals surface area contributed by atoms with E-state index >= 15 is 0 Å². The van der Waals surface area contributed by atoms with Crippen LogP contribution in [0.5, 0.6) is 0 Å². The van der Waals surface area contributed by atoms with Crippen molar-refractivity contribution in [3.8, 4) is 0 Å². The van der Waals surface area contributed by atoms with Crippen LogP contribution in [0.4, 0.5) is 30.6 Å². The van der Waals surface area contributed by atoms with E-state index in [1.54, 1.807) is 38.4 Å². The first-order valence-electron chi connectivity index (χ1n) is 10.8. The van der Waals surface area contributed by atoms with Gasteiger partial charge in [-0.1, -0.05) is 0 Å². The first-order valence-corrected chi connectivity index (χ1v) is 10.8. The lowest BCUT2D eigenvalue weighted by Crippen LogP contribution is -2.53. The van der Waals surface area contributed by atoms with E-state index in [0.717, 1.165) is 11.6 Å². The fourth-order valence-electron chi connectivity index (χ4n) is 3.92. The van der Waals surface area contributed by atoms with E-state index in [-0.39, 0.29) is 18.6 Å². The molecule has 35 heavy (non-hydrogen) atoms. The van der Waals surface area contributed by atoms with Crippen LogP contribution in [-0.2, 0) is 35.8 Å². The molecule has 1 aliphatic heterocycles. The zero-order chi connectivity index (χ0) is 25.5. The summed E-state index contributed by atoms with van der Waals surface area (Å²) in [6.45, 7) is 4.07. The van der Waals surface area contributed by atoms with Gasteiger partial charge in [-0.3, -0.25) is 14.2 Å². The van der Waals surface area contributed by atoms with Crippen LogP contribution >= 0.6 is 0 Å². The maximum atomic E-state index is 12.9. The van der Waals surface area contributed by atoms with Crippen LogP contribution in [0.2, 0.25) is 0 Å². The van der Waals surface area contributed by atoms with Crippen molar-refractivity contribution in [2.45, 2.75) is 45.3 Å².